The van der Waals surface area contributed by atoms with E-state index in [4.69, 9.17) is 16.3 Å². The van der Waals surface area contributed by atoms with Crippen LogP contribution < -0.4 is 10.1 Å². The Morgan fingerprint density at radius 1 is 1.18 bits per heavy atom. The van der Waals surface area contributed by atoms with Crippen molar-refractivity contribution in [1.29, 1.82) is 0 Å². The van der Waals surface area contributed by atoms with E-state index in [1.807, 2.05) is 0 Å². The number of hydrogen-bond donors (Lipinski definition) is 1. The maximum atomic E-state index is 13.1. The molecule has 22 heavy (non-hydrogen) atoms. The molecular formula is C14H11ClFNO4S. The lowest BCUT2D eigenvalue weighted by Crippen LogP contribution is -2.21. The van der Waals surface area contributed by atoms with Gasteiger partial charge in [-0.2, -0.15) is 8.42 Å². The fourth-order valence-corrected chi connectivity index (χ4v) is 2.48. The van der Waals surface area contributed by atoms with Crippen LogP contribution in [0.15, 0.2) is 53.4 Å². The van der Waals surface area contributed by atoms with Crippen molar-refractivity contribution < 1.29 is 21.8 Å². The zero-order valence-electron chi connectivity index (χ0n) is 11.1. The molecule has 0 aliphatic heterocycles. The Morgan fingerprint density at radius 3 is 2.59 bits per heavy atom. The SMILES string of the molecule is O=C(COc1cccc(Cl)c1)Nc1ccccc1S(=O)(=O)F. The molecule has 0 atom stereocenters. The molecule has 0 unspecified atom stereocenters. The van der Waals surface area contributed by atoms with Gasteiger partial charge in [-0.3, -0.25) is 4.79 Å². The van der Waals surface area contributed by atoms with E-state index in [2.05, 4.69) is 5.32 Å². The Hall–Kier alpha value is -2.12. The summed E-state index contributed by atoms with van der Waals surface area (Å²) in [5, 5.41) is 2.74. The molecule has 0 heterocycles. The van der Waals surface area contributed by atoms with Crippen molar-refractivity contribution in [1.82, 2.24) is 0 Å². The molecule has 1 amide bonds. The third-order valence-corrected chi connectivity index (χ3v) is 3.71. The molecule has 116 valence electrons. The highest BCUT2D eigenvalue weighted by Gasteiger charge is 2.18. The largest absolute Gasteiger partial charge is 0.484 e. The molecule has 1 N–H and O–H groups in total. The van der Waals surface area contributed by atoms with Crippen molar-refractivity contribution in [2.45, 2.75) is 4.90 Å². The van der Waals surface area contributed by atoms with Crippen LogP contribution in [-0.4, -0.2) is 20.9 Å². The molecule has 0 spiro atoms. The van der Waals surface area contributed by atoms with E-state index < -0.39 is 21.0 Å². The van der Waals surface area contributed by atoms with Crippen LogP contribution in [0.3, 0.4) is 0 Å². The van der Waals surface area contributed by atoms with Crippen molar-refractivity contribution in [3.05, 3.63) is 53.6 Å². The molecule has 0 radical (unpaired) electrons. The average molecular weight is 344 g/mol. The molecule has 2 aromatic carbocycles. The molecule has 0 bridgehead atoms. The predicted octanol–water partition coefficient (Wildman–Crippen LogP) is 3.02. The number of ether oxygens (including phenoxy) is 1. The van der Waals surface area contributed by atoms with E-state index in [-0.39, 0.29) is 12.3 Å². The van der Waals surface area contributed by atoms with E-state index in [0.29, 0.717) is 10.8 Å². The number of carbonyl (C=O) groups excluding carboxylic acids is 1. The minimum absolute atomic E-state index is 0.148. The maximum absolute atomic E-state index is 13.1. The van der Waals surface area contributed by atoms with Crippen LogP contribution in [-0.2, 0) is 15.0 Å². The zero-order chi connectivity index (χ0) is 16.2. The number of anilines is 1. The second kappa shape index (κ2) is 6.76. The van der Waals surface area contributed by atoms with Crippen LogP contribution >= 0.6 is 11.6 Å². The number of amides is 1. The van der Waals surface area contributed by atoms with Crippen LogP contribution in [0.2, 0.25) is 5.02 Å². The Balaban J connectivity index is 2.04. The van der Waals surface area contributed by atoms with Gasteiger partial charge < -0.3 is 10.1 Å². The quantitative estimate of drug-likeness (QED) is 0.847. The van der Waals surface area contributed by atoms with E-state index in [1.54, 1.807) is 18.2 Å². The van der Waals surface area contributed by atoms with Crippen molar-refractivity contribution in [2.24, 2.45) is 0 Å². The Labute approximate surface area is 131 Å². The van der Waals surface area contributed by atoms with Gasteiger partial charge in [0, 0.05) is 5.02 Å². The first-order valence-electron chi connectivity index (χ1n) is 6.08. The van der Waals surface area contributed by atoms with Crippen LogP contribution in [0.1, 0.15) is 0 Å². The fraction of sp³-hybridized carbons (Fsp3) is 0.0714. The van der Waals surface area contributed by atoms with Gasteiger partial charge in [-0.25, -0.2) is 0 Å². The molecule has 5 nitrogen and oxygen atoms in total. The lowest BCUT2D eigenvalue weighted by molar-refractivity contribution is -0.118. The number of carbonyl (C=O) groups is 1. The van der Waals surface area contributed by atoms with E-state index in [9.17, 15) is 17.1 Å². The standard InChI is InChI=1S/C14H11ClFNO4S/c15-10-4-3-5-11(8-10)21-9-14(18)17-12-6-1-2-7-13(12)22(16,19)20/h1-8H,9H2,(H,17,18). The second-order valence-corrected chi connectivity index (χ2v) is 5.98. The summed E-state index contributed by atoms with van der Waals surface area (Å²) in [5.41, 5.74) is -0.148. The highest BCUT2D eigenvalue weighted by Crippen LogP contribution is 2.22. The molecule has 2 rings (SSSR count). The topological polar surface area (TPSA) is 72.5 Å². The fourth-order valence-electron chi connectivity index (χ4n) is 1.67. The highest BCUT2D eigenvalue weighted by atomic mass is 35.5. The summed E-state index contributed by atoms with van der Waals surface area (Å²) in [4.78, 5) is 11.2. The molecule has 0 aromatic heterocycles. The lowest BCUT2D eigenvalue weighted by atomic mass is 10.3. The smallest absolute Gasteiger partial charge is 0.334 e. The van der Waals surface area contributed by atoms with Gasteiger partial charge >= 0.3 is 10.2 Å². The summed E-state index contributed by atoms with van der Waals surface area (Å²) < 4.78 is 40.3. The van der Waals surface area contributed by atoms with Crippen molar-refractivity contribution in [3.8, 4) is 5.75 Å². The van der Waals surface area contributed by atoms with Crippen LogP contribution in [0.25, 0.3) is 0 Å². The average Bonchev–Trinajstić information content (AvgIpc) is 2.45. The monoisotopic (exact) mass is 343 g/mol. The van der Waals surface area contributed by atoms with Gasteiger partial charge in [0.15, 0.2) is 6.61 Å². The third-order valence-electron chi connectivity index (χ3n) is 2.59. The maximum Gasteiger partial charge on any atom is 0.334 e. The van der Waals surface area contributed by atoms with E-state index >= 15 is 0 Å². The highest BCUT2D eigenvalue weighted by molar-refractivity contribution is 7.86. The zero-order valence-corrected chi connectivity index (χ0v) is 12.7. The van der Waals surface area contributed by atoms with Gasteiger partial charge in [0.2, 0.25) is 0 Å². The number of nitrogens with one attached hydrogen (secondary N) is 1. The van der Waals surface area contributed by atoms with Crippen molar-refractivity contribution >= 4 is 33.4 Å². The molecule has 0 aliphatic carbocycles. The minimum atomic E-state index is -4.92. The Bertz CT molecular complexity index is 795. The summed E-state index contributed by atoms with van der Waals surface area (Å²) >= 11 is 5.77. The summed E-state index contributed by atoms with van der Waals surface area (Å²) in [5.74, 6) is -0.245. The summed E-state index contributed by atoms with van der Waals surface area (Å²) in [7, 11) is -4.92. The van der Waals surface area contributed by atoms with E-state index in [1.165, 1.54) is 24.3 Å². The van der Waals surface area contributed by atoms with Crippen molar-refractivity contribution in [2.75, 3.05) is 11.9 Å². The summed E-state index contributed by atoms with van der Waals surface area (Å²) in [6.45, 7) is -0.374. The Morgan fingerprint density at radius 2 is 1.91 bits per heavy atom. The molecule has 8 heteroatoms. The molecule has 0 saturated carbocycles. The van der Waals surface area contributed by atoms with Crippen LogP contribution in [0.5, 0.6) is 5.75 Å². The van der Waals surface area contributed by atoms with Gasteiger partial charge in [-0.05, 0) is 30.3 Å². The van der Waals surface area contributed by atoms with E-state index in [0.717, 1.165) is 6.07 Å². The molecular weight excluding hydrogens is 333 g/mol. The van der Waals surface area contributed by atoms with Crippen molar-refractivity contribution in [3.63, 3.8) is 0 Å². The van der Waals surface area contributed by atoms with Gasteiger partial charge in [-0.15, -0.1) is 3.89 Å². The van der Waals surface area contributed by atoms with Gasteiger partial charge in [0.05, 0.1) is 5.69 Å². The Kier molecular flexibility index (Phi) is 4.99. The first-order chi connectivity index (χ1) is 10.4. The second-order valence-electron chi connectivity index (χ2n) is 4.23. The number of rotatable bonds is 5. The van der Waals surface area contributed by atoms with Crippen LogP contribution in [0, 0.1) is 0 Å². The molecule has 0 fully saturated rings. The van der Waals surface area contributed by atoms with Gasteiger partial charge in [0.25, 0.3) is 5.91 Å². The first-order valence-corrected chi connectivity index (χ1v) is 7.84. The lowest BCUT2D eigenvalue weighted by Gasteiger charge is -2.09. The summed E-state index contributed by atoms with van der Waals surface area (Å²) in [6, 6.07) is 11.6. The number of halogens is 2. The minimum Gasteiger partial charge on any atom is -0.484 e. The first kappa shape index (κ1) is 16.3. The number of benzene rings is 2. The molecule has 0 saturated heterocycles. The summed E-state index contributed by atoms with van der Waals surface area (Å²) in [6.07, 6.45) is 0. The van der Waals surface area contributed by atoms with Crippen LogP contribution in [0.4, 0.5) is 9.57 Å². The van der Waals surface area contributed by atoms with Gasteiger partial charge in [0.1, 0.15) is 10.6 Å². The molecule has 0 aliphatic rings. The van der Waals surface area contributed by atoms with Gasteiger partial charge in [-0.1, -0.05) is 29.8 Å². The third kappa shape index (κ3) is 4.44. The number of hydrogen-bond acceptors (Lipinski definition) is 4. The molecule has 2 aromatic rings. The number of para-hydroxylation sites is 1. The normalized spacial score (nSPS) is 11.0. The predicted molar refractivity (Wildman–Crippen MR) is 80.3 cm³/mol.